The first-order chi connectivity index (χ1) is 14.2. The summed E-state index contributed by atoms with van der Waals surface area (Å²) < 4.78 is 10.7. The number of anilines is 1. The molecule has 3 aromatic rings. The average Bonchev–Trinajstić information content (AvgIpc) is 3.23. The number of nitrogens with one attached hydrogen (secondary N) is 1. The highest BCUT2D eigenvalue weighted by Crippen LogP contribution is 2.37. The van der Waals surface area contributed by atoms with Gasteiger partial charge in [0.15, 0.2) is 0 Å². The van der Waals surface area contributed by atoms with Crippen molar-refractivity contribution in [1.82, 2.24) is 4.90 Å². The Morgan fingerprint density at radius 1 is 1.14 bits per heavy atom. The number of nitrogens with zero attached hydrogens (tertiary/aromatic N) is 1. The number of benzene rings is 2. The van der Waals surface area contributed by atoms with Crippen LogP contribution in [-0.4, -0.2) is 38.1 Å². The van der Waals surface area contributed by atoms with E-state index in [4.69, 9.17) is 9.47 Å². The predicted molar refractivity (Wildman–Crippen MR) is 116 cm³/mol. The zero-order chi connectivity index (χ0) is 20.2. The van der Waals surface area contributed by atoms with Gasteiger partial charge in [-0.3, -0.25) is 9.69 Å². The molecule has 0 fully saturated rings. The Balaban J connectivity index is 1.56. The molecule has 0 saturated heterocycles. The highest BCUT2D eigenvalue weighted by molar-refractivity contribution is 7.10. The van der Waals surface area contributed by atoms with Crippen molar-refractivity contribution in [2.45, 2.75) is 12.5 Å². The Morgan fingerprint density at radius 2 is 1.97 bits per heavy atom. The molecular formula is C23H24N2O3S. The van der Waals surface area contributed by atoms with Crippen LogP contribution in [0.5, 0.6) is 11.5 Å². The summed E-state index contributed by atoms with van der Waals surface area (Å²) in [4.78, 5) is 16.6. The fourth-order valence-electron chi connectivity index (χ4n) is 3.85. The van der Waals surface area contributed by atoms with E-state index in [1.165, 1.54) is 16.0 Å². The van der Waals surface area contributed by atoms with Gasteiger partial charge in [0, 0.05) is 17.5 Å². The third kappa shape index (κ3) is 4.13. The van der Waals surface area contributed by atoms with Gasteiger partial charge in [0.05, 0.1) is 32.5 Å². The van der Waals surface area contributed by atoms with Gasteiger partial charge in [0.1, 0.15) is 11.5 Å². The smallest absolute Gasteiger partial charge is 0.238 e. The summed E-state index contributed by atoms with van der Waals surface area (Å²) in [5.74, 6) is 1.21. The van der Waals surface area contributed by atoms with Crippen LogP contribution in [0.1, 0.15) is 22.0 Å². The molecule has 150 valence electrons. The summed E-state index contributed by atoms with van der Waals surface area (Å²) >= 11 is 1.80. The highest BCUT2D eigenvalue weighted by atomic mass is 32.1. The molecule has 0 saturated carbocycles. The second-order valence-corrected chi connectivity index (χ2v) is 7.95. The van der Waals surface area contributed by atoms with Gasteiger partial charge in [-0.05, 0) is 41.1 Å². The Morgan fingerprint density at radius 3 is 2.72 bits per heavy atom. The molecule has 1 unspecified atom stereocenters. The monoisotopic (exact) mass is 408 g/mol. The van der Waals surface area contributed by atoms with Crippen molar-refractivity contribution in [2.24, 2.45) is 0 Å². The molecule has 1 amide bonds. The van der Waals surface area contributed by atoms with E-state index in [-0.39, 0.29) is 11.9 Å². The van der Waals surface area contributed by atoms with E-state index in [0.29, 0.717) is 23.7 Å². The Labute approximate surface area is 174 Å². The van der Waals surface area contributed by atoms with Crippen LogP contribution in [0.25, 0.3) is 0 Å². The number of fused-ring (bicyclic) bond motifs is 1. The van der Waals surface area contributed by atoms with E-state index in [2.05, 4.69) is 45.9 Å². The van der Waals surface area contributed by atoms with Crippen LogP contribution < -0.4 is 14.8 Å². The first kappa shape index (κ1) is 19.5. The molecule has 2 aromatic carbocycles. The SMILES string of the molecule is COc1ccc(OC)c(NC(=O)CN2CCc3sccc3C2c2ccccc2)c1. The minimum absolute atomic E-state index is 0.0730. The van der Waals surface area contributed by atoms with E-state index < -0.39 is 0 Å². The molecule has 6 heteroatoms. The summed E-state index contributed by atoms with van der Waals surface area (Å²) in [5, 5.41) is 5.13. The molecule has 5 nitrogen and oxygen atoms in total. The number of ether oxygens (including phenoxy) is 2. The minimum atomic E-state index is -0.0730. The first-order valence-corrected chi connectivity index (χ1v) is 10.4. The number of carbonyl (C=O) groups is 1. The van der Waals surface area contributed by atoms with Crippen molar-refractivity contribution < 1.29 is 14.3 Å². The van der Waals surface area contributed by atoms with Crippen molar-refractivity contribution in [1.29, 1.82) is 0 Å². The molecule has 1 N–H and O–H groups in total. The van der Waals surface area contributed by atoms with Crippen LogP contribution in [0.15, 0.2) is 60.0 Å². The molecule has 4 rings (SSSR count). The van der Waals surface area contributed by atoms with Gasteiger partial charge in [-0.2, -0.15) is 0 Å². The zero-order valence-corrected chi connectivity index (χ0v) is 17.4. The number of thiophene rings is 1. The van der Waals surface area contributed by atoms with Gasteiger partial charge in [0.25, 0.3) is 0 Å². The van der Waals surface area contributed by atoms with Gasteiger partial charge in [0.2, 0.25) is 5.91 Å². The minimum Gasteiger partial charge on any atom is -0.497 e. The zero-order valence-electron chi connectivity index (χ0n) is 16.6. The number of rotatable bonds is 6. The molecule has 29 heavy (non-hydrogen) atoms. The lowest BCUT2D eigenvalue weighted by Gasteiger charge is -2.35. The van der Waals surface area contributed by atoms with E-state index in [9.17, 15) is 4.79 Å². The largest absolute Gasteiger partial charge is 0.497 e. The van der Waals surface area contributed by atoms with Gasteiger partial charge in [-0.25, -0.2) is 0 Å². The summed E-state index contributed by atoms with van der Waals surface area (Å²) in [5.41, 5.74) is 3.12. The molecule has 0 radical (unpaired) electrons. The van der Waals surface area contributed by atoms with Crippen molar-refractivity contribution in [3.63, 3.8) is 0 Å². The van der Waals surface area contributed by atoms with Crippen LogP contribution in [0.4, 0.5) is 5.69 Å². The number of hydrogen-bond acceptors (Lipinski definition) is 5. The molecule has 0 aliphatic carbocycles. The maximum absolute atomic E-state index is 12.9. The summed E-state index contributed by atoms with van der Waals surface area (Å²) in [6.45, 7) is 1.14. The fourth-order valence-corrected chi connectivity index (χ4v) is 4.75. The van der Waals surface area contributed by atoms with Gasteiger partial charge in [-0.1, -0.05) is 30.3 Å². The molecule has 1 atom stereocenters. The normalized spacial score (nSPS) is 16.1. The number of hydrogen-bond donors (Lipinski definition) is 1. The third-order valence-corrected chi connectivity index (χ3v) is 6.20. The van der Waals surface area contributed by atoms with Crippen molar-refractivity contribution in [2.75, 3.05) is 32.6 Å². The van der Waals surface area contributed by atoms with E-state index in [0.717, 1.165) is 13.0 Å². The maximum atomic E-state index is 12.9. The predicted octanol–water partition coefficient (Wildman–Crippen LogP) is 4.35. The van der Waals surface area contributed by atoms with Crippen molar-refractivity contribution in [3.8, 4) is 11.5 Å². The van der Waals surface area contributed by atoms with Crippen LogP contribution in [0.3, 0.4) is 0 Å². The Bertz CT molecular complexity index is 987. The third-order valence-electron chi connectivity index (χ3n) is 5.21. The van der Waals surface area contributed by atoms with Crippen molar-refractivity contribution >= 4 is 22.9 Å². The maximum Gasteiger partial charge on any atom is 0.238 e. The standard InChI is InChI=1S/C23H24N2O3S/c1-27-17-8-9-20(28-2)19(14-17)24-22(26)15-25-12-10-21-18(11-13-29-21)23(25)16-6-4-3-5-7-16/h3-9,11,13-14,23H,10,12,15H2,1-2H3,(H,24,26). The second kappa shape index (κ2) is 8.68. The van der Waals surface area contributed by atoms with E-state index >= 15 is 0 Å². The lowest BCUT2D eigenvalue weighted by Crippen LogP contribution is -2.40. The number of methoxy groups -OCH3 is 2. The fraction of sp³-hybridized carbons (Fsp3) is 0.261. The topological polar surface area (TPSA) is 50.8 Å². The molecule has 1 aromatic heterocycles. The van der Waals surface area contributed by atoms with Crippen LogP contribution in [0, 0.1) is 0 Å². The lowest BCUT2D eigenvalue weighted by molar-refractivity contribution is -0.117. The second-order valence-electron chi connectivity index (χ2n) is 6.95. The molecule has 2 heterocycles. The first-order valence-electron chi connectivity index (χ1n) is 9.56. The number of amides is 1. The van der Waals surface area contributed by atoms with Crippen LogP contribution >= 0.6 is 11.3 Å². The molecule has 0 bridgehead atoms. The quantitative estimate of drug-likeness (QED) is 0.659. The Hall–Kier alpha value is -2.83. The summed E-state index contributed by atoms with van der Waals surface area (Å²) in [6.07, 6.45) is 0.964. The van der Waals surface area contributed by atoms with Crippen LogP contribution in [-0.2, 0) is 11.2 Å². The highest BCUT2D eigenvalue weighted by Gasteiger charge is 2.30. The van der Waals surface area contributed by atoms with Gasteiger partial charge < -0.3 is 14.8 Å². The number of carbonyl (C=O) groups excluding carboxylic acids is 1. The summed E-state index contributed by atoms with van der Waals surface area (Å²) in [7, 11) is 3.19. The molecule has 0 spiro atoms. The lowest BCUT2D eigenvalue weighted by atomic mass is 9.93. The molecular weight excluding hydrogens is 384 g/mol. The average molecular weight is 409 g/mol. The van der Waals surface area contributed by atoms with Crippen LogP contribution in [0.2, 0.25) is 0 Å². The Kier molecular flexibility index (Phi) is 5.83. The molecule has 1 aliphatic rings. The summed E-state index contributed by atoms with van der Waals surface area (Å²) in [6, 6.07) is 18.0. The van der Waals surface area contributed by atoms with Gasteiger partial charge in [-0.15, -0.1) is 11.3 Å². The van der Waals surface area contributed by atoms with Gasteiger partial charge >= 0.3 is 0 Å². The van der Waals surface area contributed by atoms with Crippen molar-refractivity contribution in [3.05, 3.63) is 76.0 Å². The van der Waals surface area contributed by atoms with E-state index in [1.54, 1.807) is 37.7 Å². The van der Waals surface area contributed by atoms with E-state index in [1.807, 2.05) is 12.1 Å². The molecule has 1 aliphatic heterocycles.